The summed E-state index contributed by atoms with van der Waals surface area (Å²) in [6.45, 7) is 3.24. The number of aliphatic hydroxyl groups excluding tert-OH is 2. The number of carbonyl (C=O) groups is 1. The van der Waals surface area contributed by atoms with Crippen LogP contribution in [0.15, 0.2) is 41.3 Å². The van der Waals surface area contributed by atoms with Crippen molar-refractivity contribution >= 4 is 33.0 Å². The number of aliphatic hydroxyl groups is 3. The van der Waals surface area contributed by atoms with Gasteiger partial charge in [-0.05, 0) is 67.9 Å². The Bertz CT molecular complexity index is 1260. The van der Waals surface area contributed by atoms with E-state index in [9.17, 15) is 37.3 Å². The summed E-state index contributed by atoms with van der Waals surface area (Å²) in [6.07, 6.45) is -2.46. The van der Waals surface area contributed by atoms with Crippen LogP contribution < -0.4 is 5.32 Å². The molecule has 0 radical (unpaired) electrons. The molecule has 2 unspecified atom stereocenters. The predicted molar refractivity (Wildman–Crippen MR) is 125 cm³/mol. The zero-order valence-corrected chi connectivity index (χ0v) is 20.5. The molecule has 0 aromatic heterocycles. The summed E-state index contributed by atoms with van der Waals surface area (Å²) in [4.78, 5) is 12.4. The highest BCUT2D eigenvalue weighted by Gasteiger charge is 2.67. The Labute approximate surface area is 206 Å². The highest BCUT2D eigenvalue weighted by atomic mass is 35.5. The van der Waals surface area contributed by atoms with Crippen LogP contribution in [0.25, 0.3) is 0 Å². The highest BCUT2D eigenvalue weighted by Crippen LogP contribution is 2.60. The van der Waals surface area contributed by atoms with E-state index in [0.717, 1.165) is 18.2 Å². The molecule has 0 spiro atoms. The Morgan fingerprint density at radius 2 is 1.74 bits per heavy atom. The predicted octanol–water partition coefficient (Wildman–Crippen LogP) is 3.16. The van der Waals surface area contributed by atoms with E-state index in [4.69, 9.17) is 11.6 Å². The first-order valence-electron chi connectivity index (χ1n) is 11.2. The van der Waals surface area contributed by atoms with E-state index in [1.165, 1.54) is 25.1 Å². The number of nitrogens with one attached hydrogen (secondary N) is 1. The average Bonchev–Trinajstić information content (AvgIpc) is 2.81. The van der Waals surface area contributed by atoms with Crippen LogP contribution in [0.4, 0.5) is 14.5 Å². The van der Waals surface area contributed by atoms with Crippen molar-refractivity contribution < 1.29 is 37.3 Å². The van der Waals surface area contributed by atoms with Gasteiger partial charge in [-0.25, -0.2) is 17.2 Å². The van der Waals surface area contributed by atoms with Gasteiger partial charge in [0.2, 0.25) is 0 Å². The second kappa shape index (κ2) is 9.08. The number of amides is 1. The summed E-state index contributed by atoms with van der Waals surface area (Å²) >= 11 is 6.20. The Hall–Kier alpha value is -2.11. The number of rotatable bonds is 6. The van der Waals surface area contributed by atoms with Gasteiger partial charge < -0.3 is 20.6 Å². The van der Waals surface area contributed by atoms with Crippen LogP contribution in [0.1, 0.15) is 37.0 Å². The molecule has 0 aliphatic heterocycles. The summed E-state index contributed by atoms with van der Waals surface area (Å²) < 4.78 is 53.6. The molecule has 2 aromatic rings. The molecule has 7 nitrogen and oxygen atoms in total. The molecule has 4 atom stereocenters. The van der Waals surface area contributed by atoms with E-state index in [2.05, 4.69) is 5.32 Å². The second-order valence-corrected chi connectivity index (χ2v) is 12.1. The zero-order chi connectivity index (χ0) is 25.9. The van der Waals surface area contributed by atoms with E-state index in [0.29, 0.717) is 0 Å². The smallest absolute Gasteiger partial charge is 0.255 e. The van der Waals surface area contributed by atoms with Crippen molar-refractivity contribution in [3.8, 4) is 0 Å². The molecule has 3 fully saturated rings. The second-order valence-electron chi connectivity index (χ2n) is 9.51. The molecule has 11 heteroatoms. The third kappa shape index (κ3) is 4.25. The van der Waals surface area contributed by atoms with Gasteiger partial charge >= 0.3 is 0 Å². The first kappa shape index (κ1) is 26.0. The molecule has 2 aromatic carbocycles. The molecule has 190 valence electrons. The van der Waals surface area contributed by atoms with Crippen molar-refractivity contribution in [3.05, 3.63) is 58.6 Å². The average molecular weight is 530 g/mol. The van der Waals surface area contributed by atoms with Crippen LogP contribution in [0, 0.1) is 29.4 Å². The molecular weight excluding hydrogens is 504 g/mol. The lowest BCUT2D eigenvalue weighted by Crippen LogP contribution is -2.73. The minimum absolute atomic E-state index is 0.00873. The maximum atomic E-state index is 13.5. The van der Waals surface area contributed by atoms with Gasteiger partial charge in [-0.2, -0.15) is 0 Å². The Morgan fingerprint density at radius 1 is 1.11 bits per heavy atom. The first-order chi connectivity index (χ1) is 16.3. The van der Waals surface area contributed by atoms with Crippen LogP contribution in [0.5, 0.6) is 0 Å². The molecule has 5 rings (SSSR count). The van der Waals surface area contributed by atoms with Gasteiger partial charge in [0.1, 0.15) is 6.10 Å². The van der Waals surface area contributed by atoms with E-state index >= 15 is 0 Å². The number of fused-ring (bicyclic) bond motifs is 2. The van der Waals surface area contributed by atoms with Crippen molar-refractivity contribution in [2.45, 2.75) is 54.6 Å². The largest absolute Gasteiger partial charge is 0.391 e. The van der Waals surface area contributed by atoms with Gasteiger partial charge in [-0.15, -0.1) is 0 Å². The summed E-state index contributed by atoms with van der Waals surface area (Å²) in [5, 5.41) is 32.6. The molecule has 1 amide bonds. The quantitative estimate of drug-likeness (QED) is 0.456. The van der Waals surface area contributed by atoms with Gasteiger partial charge in [0.25, 0.3) is 5.91 Å². The molecule has 0 saturated heterocycles. The van der Waals surface area contributed by atoms with Gasteiger partial charge in [0.05, 0.1) is 26.9 Å². The van der Waals surface area contributed by atoms with E-state index in [1.807, 2.05) is 6.92 Å². The normalized spacial score (nSPS) is 29.7. The molecule has 2 bridgehead atoms. The van der Waals surface area contributed by atoms with Gasteiger partial charge in [-0.3, -0.25) is 4.79 Å². The first-order valence-corrected chi connectivity index (χ1v) is 13.1. The van der Waals surface area contributed by atoms with Crippen LogP contribution in [0.3, 0.4) is 0 Å². The van der Waals surface area contributed by atoms with Gasteiger partial charge in [0, 0.05) is 17.3 Å². The van der Waals surface area contributed by atoms with E-state index < -0.39 is 62.3 Å². The number of halogens is 3. The fourth-order valence-electron chi connectivity index (χ4n) is 5.65. The lowest BCUT2D eigenvalue weighted by Gasteiger charge is -2.64. The minimum atomic E-state index is -4.03. The van der Waals surface area contributed by atoms with E-state index in [-0.39, 0.29) is 39.9 Å². The summed E-state index contributed by atoms with van der Waals surface area (Å²) in [6, 6.07) is 6.55. The highest BCUT2D eigenvalue weighted by molar-refractivity contribution is 7.92. The van der Waals surface area contributed by atoms with Crippen molar-refractivity contribution in [1.82, 2.24) is 0 Å². The minimum Gasteiger partial charge on any atom is -0.391 e. The third-order valence-corrected chi connectivity index (χ3v) is 10.2. The monoisotopic (exact) mass is 529 g/mol. The molecule has 3 aliphatic rings. The van der Waals surface area contributed by atoms with Crippen LogP contribution in [-0.2, 0) is 9.84 Å². The maximum absolute atomic E-state index is 13.5. The Morgan fingerprint density at radius 3 is 2.31 bits per heavy atom. The molecule has 35 heavy (non-hydrogen) atoms. The lowest BCUT2D eigenvalue weighted by atomic mass is 9.46. The third-order valence-electron chi connectivity index (χ3n) is 7.54. The SMILES string of the molecule is CC1C2CC(S(=O)(=O)c3cc(C(=O)Nc4ccc(F)c(F)c4)ccc3Cl)CC1C2(O)[C@@H](O)[C@H](C)O. The number of hydrogen-bond acceptors (Lipinski definition) is 6. The van der Waals surface area contributed by atoms with Crippen molar-refractivity contribution in [3.63, 3.8) is 0 Å². The molecule has 4 N–H and O–H groups in total. The van der Waals surface area contributed by atoms with E-state index in [1.54, 1.807) is 0 Å². The summed E-state index contributed by atoms with van der Waals surface area (Å²) in [5.41, 5.74) is -1.63. The van der Waals surface area contributed by atoms with Crippen LogP contribution >= 0.6 is 11.6 Å². The Kier molecular flexibility index (Phi) is 6.74. The fraction of sp³-hybridized carbons (Fsp3) is 0.458. The van der Waals surface area contributed by atoms with Gasteiger partial charge in [0.15, 0.2) is 21.5 Å². The number of sulfone groups is 1. The van der Waals surface area contributed by atoms with Crippen LogP contribution in [-0.4, -0.2) is 52.7 Å². The topological polar surface area (TPSA) is 124 Å². The number of benzene rings is 2. The summed E-state index contributed by atoms with van der Waals surface area (Å²) in [5.74, 6) is -4.07. The van der Waals surface area contributed by atoms with Crippen molar-refractivity contribution in [2.75, 3.05) is 5.32 Å². The van der Waals surface area contributed by atoms with Crippen molar-refractivity contribution in [1.29, 1.82) is 0 Å². The number of anilines is 1. The maximum Gasteiger partial charge on any atom is 0.255 e. The Balaban J connectivity index is 1.58. The molecular formula is C24H26ClF2NO6S. The molecule has 0 heterocycles. The standard InChI is InChI=1S/C24H26ClF2NO6S/c1-11-16-9-15(10-17(11)24(16,32)22(30)12(2)29)35(33,34)21-7-13(3-5-18(21)25)23(31)28-14-4-6-19(26)20(27)8-14/h3-8,11-12,15-17,22,29-30,32H,9-10H2,1-2H3,(H,28,31)/t11?,12-,15?,16?,17?,22-,24?/m0/s1. The van der Waals surface area contributed by atoms with Crippen LogP contribution in [0.2, 0.25) is 5.02 Å². The fourth-order valence-corrected chi connectivity index (χ4v) is 8.00. The lowest BCUT2D eigenvalue weighted by molar-refractivity contribution is -0.277. The summed E-state index contributed by atoms with van der Waals surface area (Å²) in [7, 11) is -4.03. The number of hydrogen-bond donors (Lipinski definition) is 4. The number of carbonyl (C=O) groups excluding carboxylic acids is 1. The zero-order valence-electron chi connectivity index (χ0n) is 19.0. The molecule has 3 aliphatic carbocycles. The van der Waals surface area contributed by atoms with Crippen molar-refractivity contribution in [2.24, 2.45) is 17.8 Å². The van der Waals surface area contributed by atoms with Gasteiger partial charge in [-0.1, -0.05) is 18.5 Å². The molecule has 3 saturated carbocycles.